The third kappa shape index (κ3) is 24.9. The molecule has 1 aromatic carbocycles. The van der Waals surface area contributed by atoms with Crippen LogP contribution in [0.5, 0.6) is 0 Å². The lowest BCUT2D eigenvalue weighted by Crippen LogP contribution is -2.37. The standard InChI is InChI=1S/C45H83N3O6/c1-6-9-12-21-28-38(4)37-53-40(49)31-23-16-14-18-25-34-48(36-27-33-47-43-42(46-5)44(51)45(43)52)35-26-19-15-17-24-32-41(50)54-39(29-20-11-8-3)30-22-13-10-7-2/h38-39,46-47H,6-37H2,1-5H3. The van der Waals surface area contributed by atoms with Crippen molar-refractivity contribution in [2.24, 2.45) is 5.92 Å². The molecule has 0 spiro atoms. The number of esters is 2. The van der Waals surface area contributed by atoms with Crippen LogP contribution in [0, 0.1) is 5.92 Å². The Hall–Kier alpha value is -2.42. The number of nitrogens with one attached hydrogen (secondary N) is 2. The molecule has 0 aliphatic rings. The molecule has 0 aliphatic carbocycles. The van der Waals surface area contributed by atoms with Crippen molar-refractivity contribution in [1.29, 1.82) is 0 Å². The first-order valence-corrected chi connectivity index (χ1v) is 22.6. The second-order valence-corrected chi connectivity index (χ2v) is 15.9. The molecule has 2 N–H and O–H groups in total. The molecule has 0 saturated carbocycles. The van der Waals surface area contributed by atoms with E-state index in [0.29, 0.717) is 43.3 Å². The van der Waals surface area contributed by atoms with Gasteiger partial charge in [0.1, 0.15) is 17.5 Å². The summed E-state index contributed by atoms with van der Waals surface area (Å²) in [6.45, 7) is 13.0. The molecule has 314 valence electrons. The highest BCUT2D eigenvalue weighted by atomic mass is 16.5. The summed E-state index contributed by atoms with van der Waals surface area (Å²) in [6.07, 6.45) is 29.2. The zero-order valence-corrected chi connectivity index (χ0v) is 35.7. The second-order valence-electron chi connectivity index (χ2n) is 15.9. The summed E-state index contributed by atoms with van der Waals surface area (Å²) in [5.41, 5.74) is -0.0699. The predicted molar refractivity (Wildman–Crippen MR) is 228 cm³/mol. The van der Waals surface area contributed by atoms with Crippen LogP contribution in [0.15, 0.2) is 9.59 Å². The van der Waals surface area contributed by atoms with Gasteiger partial charge in [0.05, 0.1) is 6.61 Å². The first-order valence-electron chi connectivity index (χ1n) is 22.6. The van der Waals surface area contributed by atoms with Crippen molar-refractivity contribution in [2.75, 3.05) is 50.5 Å². The van der Waals surface area contributed by atoms with Gasteiger partial charge in [-0.1, -0.05) is 124 Å². The molecule has 9 heteroatoms. The third-order valence-corrected chi connectivity index (χ3v) is 10.7. The molecule has 1 aromatic rings. The fourth-order valence-electron chi connectivity index (χ4n) is 7.16. The van der Waals surface area contributed by atoms with Gasteiger partial charge in [0, 0.05) is 26.4 Å². The van der Waals surface area contributed by atoms with E-state index in [-0.39, 0.29) is 18.0 Å². The number of hydrogen-bond donors (Lipinski definition) is 2. The van der Waals surface area contributed by atoms with Crippen molar-refractivity contribution in [3.05, 3.63) is 20.4 Å². The topological polar surface area (TPSA) is 114 Å². The van der Waals surface area contributed by atoms with Crippen LogP contribution in [0.2, 0.25) is 0 Å². The Morgan fingerprint density at radius 3 is 1.63 bits per heavy atom. The van der Waals surface area contributed by atoms with Gasteiger partial charge in [0.15, 0.2) is 0 Å². The maximum absolute atomic E-state index is 12.6. The van der Waals surface area contributed by atoms with Crippen LogP contribution in [0.3, 0.4) is 0 Å². The zero-order valence-electron chi connectivity index (χ0n) is 35.7. The van der Waals surface area contributed by atoms with Gasteiger partial charge in [0.2, 0.25) is 0 Å². The highest BCUT2D eigenvalue weighted by Gasteiger charge is 2.19. The summed E-state index contributed by atoms with van der Waals surface area (Å²) >= 11 is 0. The summed E-state index contributed by atoms with van der Waals surface area (Å²) < 4.78 is 11.5. The number of carbonyl (C=O) groups excluding carboxylic acids is 2. The van der Waals surface area contributed by atoms with E-state index >= 15 is 0 Å². The van der Waals surface area contributed by atoms with Crippen LogP contribution >= 0.6 is 0 Å². The molecule has 2 atom stereocenters. The molecule has 0 aliphatic heterocycles. The van der Waals surface area contributed by atoms with Gasteiger partial charge in [-0.2, -0.15) is 0 Å². The maximum atomic E-state index is 12.6. The summed E-state index contributed by atoms with van der Waals surface area (Å²) in [5, 5.41) is 5.99. The first kappa shape index (κ1) is 49.6. The molecule has 0 saturated heterocycles. The molecule has 0 bridgehead atoms. The van der Waals surface area contributed by atoms with E-state index in [1.807, 2.05) is 0 Å². The van der Waals surface area contributed by atoms with Gasteiger partial charge in [-0.25, -0.2) is 0 Å². The van der Waals surface area contributed by atoms with Gasteiger partial charge in [-0.3, -0.25) is 19.2 Å². The fourth-order valence-corrected chi connectivity index (χ4v) is 7.16. The number of rotatable bonds is 39. The van der Waals surface area contributed by atoms with Crippen LogP contribution in [-0.4, -0.2) is 62.8 Å². The van der Waals surface area contributed by atoms with E-state index in [9.17, 15) is 19.2 Å². The largest absolute Gasteiger partial charge is 0.465 e. The number of hydrogen-bond acceptors (Lipinski definition) is 9. The van der Waals surface area contributed by atoms with Crippen molar-refractivity contribution in [1.82, 2.24) is 4.90 Å². The molecule has 0 amide bonds. The Morgan fingerprint density at radius 2 is 1.04 bits per heavy atom. The van der Waals surface area contributed by atoms with Crippen molar-refractivity contribution in [2.45, 2.75) is 207 Å². The molecule has 54 heavy (non-hydrogen) atoms. The zero-order chi connectivity index (χ0) is 39.7. The Kier molecular flexibility index (Phi) is 31.1. The molecule has 2 unspecified atom stereocenters. The lowest BCUT2D eigenvalue weighted by molar-refractivity contribution is -0.150. The smallest absolute Gasteiger partial charge is 0.306 e. The fraction of sp³-hybridized carbons (Fsp3) is 0.867. The summed E-state index contributed by atoms with van der Waals surface area (Å²) in [6, 6.07) is 0. The maximum Gasteiger partial charge on any atom is 0.306 e. The average molecular weight is 762 g/mol. The Bertz CT molecular complexity index is 1130. The SMILES string of the molecule is CCCCCCC(C)COC(=O)CCCCCCCN(CCCCCCCC(=O)OC(CCCCC)CCCCCC)CCCNc1c(NC)c(=O)c1=O. The quantitative estimate of drug-likeness (QED) is 0.0384. The molecule has 0 radical (unpaired) electrons. The number of nitrogens with zero attached hydrogens (tertiary/aromatic N) is 1. The summed E-state index contributed by atoms with van der Waals surface area (Å²) in [7, 11) is 1.67. The van der Waals surface area contributed by atoms with Crippen LogP contribution in [0.4, 0.5) is 11.4 Å². The van der Waals surface area contributed by atoms with Gasteiger partial charge in [-0.15, -0.1) is 0 Å². The summed E-state index contributed by atoms with van der Waals surface area (Å²) in [5.74, 6) is 0.367. The minimum atomic E-state index is -0.442. The number of unbranched alkanes of at least 4 members (excludes halogenated alkanes) is 16. The van der Waals surface area contributed by atoms with E-state index < -0.39 is 10.9 Å². The number of anilines is 2. The van der Waals surface area contributed by atoms with Gasteiger partial charge in [0.25, 0.3) is 10.9 Å². The Balaban J connectivity index is 2.35. The number of ether oxygens (including phenoxy) is 2. The summed E-state index contributed by atoms with van der Waals surface area (Å²) in [4.78, 5) is 51.0. The highest BCUT2D eigenvalue weighted by molar-refractivity contribution is 5.73. The Labute approximate surface area is 330 Å². The molecule has 0 heterocycles. The highest BCUT2D eigenvalue weighted by Crippen LogP contribution is 2.18. The van der Waals surface area contributed by atoms with Gasteiger partial charge < -0.3 is 25.0 Å². The average Bonchev–Trinajstić information content (AvgIpc) is 3.16. The van der Waals surface area contributed by atoms with Gasteiger partial charge >= 0.3 is 11.9 Å². The first-order chi connectivity index (χ1) is 26.3. The second kappa shape index (κ2) is 33.9. The van der Waals surface area contributed by atoms with Crippen LogP contribution < -0.4 is 21.5 Å². The molecule has 1 rings (SSSR count). The van der Waals surface area contributed by atoms with E-state index in [1.54, 1.807) is 7.05 Å². The normalized spacial score (nSPS) is 12.6. The molecule has 0 fully saturated rings. The number of carbonyl (C=O) groups is 2. The predicted octanol–water partition coefficient (Wildman–Crippen LogP) is 10.7. The monoisotopic (exact) mass is 762 g/mol. The molecule has 0 aromatic heterocycles. The van der Waals surface area contributed by atoms with Crippen LogP contribution in [0.1, 0.15) is 201 Å². The van der Waals surface area contributed by atoms with Crippen molar-refractivity contribution >= 4 is 23.3 Å². The van der Waals surface area contributed by atoms with Crippen LogP contribution in [-0.2, 0) is 19.1 Å². The van der Waals surface area contributed by atoms with Crippen molar-refractivity contribution < 1.29 is 19.1 Å². The van der Waals surface area contributed by atoms with E-state index in [2.05, 4.69) is 43.2 Å². The lowest BCUT2D eigenvalue weighted by atomic mass is 10.0. The van der Waals surface area contributed by atoms with Gasteiger partial charge in [-0.05, 0) is 89.8 Å². The van der Waals surface area contributed by atoms with Crippen molar-refractivity contribution in [3.63, 3.8) is 0 Å². The lowest BCUT2D eigenvalue weighted by Gasteiger charge is -2.23. The molecular weight excluding hydrogens is 679 g/mol. The van der Waals surface area contributed by atoms with E-state index in [0.717, 1.165) is 122 Å². The molecule has 9 nitrogen and oxygen atoms in total. The third-order valence-electron chi connectivity index (χ3n) is 10.7. The van der Waals surface area contributed by atoms with Crippen molar-refractivity contribution in [3.8, 4) is 0 Å². The minimum absolute atomic E-state index is 0.0181. The van der Waals surface area contributed by atoms with E-state index in [4.69, 9.17) is 9.47 Å². The molecular formula is C45H83N3O6. The van der Waals surface area contributed by atoms with E-state index in [1.165, 1.54) is 57.8 Å². The minimum Gasteiger partial charge on any atom is -0.465 e. The Morgan fingerprint density at radius 1 is 0.574 bits per heavy atom. The van der Waals surface area contributed by atoms with Crippen LogP contribution in [0.25, 0.3) is 0 Å².